The number of nitrogens with zero attached hydrogens (tertiary/aromatic N) is 2. The number of carbonyl (C=O) groups excluding carboxylic acids is 1. The second-order valence-electron chi connectivity index (χ2n) is 4.28. The first-order valence-electron chi connectivity index (χ1n) is 6.44. The second-order valence-corrected chi connectivity index (χ2v) is 4.28. The normalized spacial score (nSPS) is 10.7. The third-order valence-corrected chi connectivity index (χ3v) is 2.78. The van der Waals surface area contributed by atoms with Crippen molar-refractivity contribution >= 4 is 5.91 Å². The molecule has 0 aliphatic heterocycles. The molecule has 0 unspecified atom stereocenters. The Kier molecular flexibility index (Phi) is 6.28. The van der Waals surface area contributed by atoms with Gasteiger partial charge in [0.25, 0.3) is 0 Å². The number of amides is 1. The van der Waals surface area contributed by atoms with Crippen molar-refractivity contribution in [2.24, 2.45) is 0 Å². The van der Waals surface area contributed by atoms with Crippen LogP contribution in [0.25, 0.3) is 0 Å². The molecule has 0 aliphatic carbocycles. The fraction of sp³-hybridized carbons (Fsp3) is 0.615. The van der Waals surface area contributed by atoms with Gasteiger partial charge in [0.05, 0.1) is 12.2 Å². The molecule has 0 spiro atoms. The summed E-state index contributed by atoms with van der Waals surface area (Å²) in [4.78, 5) is 19.9. The SMILES string of the molecule is CCC(CC)NC(=O)CNCc1ccnc(C)n1. The highest BCUT2D eigenvalue weighted by Crippen LogP contribution is 1.96. The van der Waals surface area contributed by atoms with E-state index in [4.69, 9.17) is 0 Å². The van der Waals surface area contributed by atoms with Gasteiger partial charge in [-0.2, -0.15) is 0 Å². The van der Waals surface area contributed by atoms with Gasteiger partial charge in [0.1, 0.15) is 5.82 Å². The highest BCUT2D eigenvalue weighted by atomic mass is 16.1. The molecule has 0 fully saturated rings. The van der Waals surface area contributed by atoms with E-state index in [1.807, 2.05) is 13.0 Å². The number of hydrogen-bond donors (Lipinski definition) is 2. The Balaban J connectivity index is 2.27. The van der Waals surface area contributed by atoms with E-state index in [-0.39, 0.29) is 11.9 Å². The monoisotopic (exact) mass is 250 g/mol. The predicted octanol–water partition coefficient (Wildman–Crippen LogP) is 1.18. The summed E-state index contributed by atoms with van der Waals surface area (Å²) in [5.74, 6) is 0.783. The average Bonchev–Trinajstić information content (AvgIpc) is 2.36. The summed E-state index contributed by atoms with van der Waals surface area (Å²) in [6.45, 7) is 6.90. The molecule has 0 atom stereocenters. The van der Waals surface area contributed by atoms with Crippen molar-refractivity contribution in [3.8, 4) is 0 Å². The van der Waals surface area contributed by atoms with Gasteiger partial charge in [-0.15, -0.1) is 0 Å². The minimum absolute atomic E-state index is 0.0366. The predicted molar refractivity (Wildman–Crippen MR) is 71.0 cm³/mol. The Morgan fingerprint density at radius 3 is 2.72 bits per heavy atom. The largest absolute Gasteiger partial charge is 0.352 e. The van der Waals surface area contributed by atoms with Crippen LogP contribution in [0.4, 0.5) is 0 Å². The number of nitrogens with one attached hydrogen (secondary N) is 2. The van der Waals surface area contributed by atoms with Crippen LogP contribution in [0.2, 0.25) is 0 Å². The summed E-state index contributed by atoms with van der Waals surface area (Å²) < 4.78 is 0. The van der Waals surface area contributed by atoms with Gasteiger partial charge >= 0.3 is 0 Å². The maximum atomic E-state index is 11.6. The molecule has 18 heavy (non-hydrogen) atoms. The van der Waals surface area contributed by atoms with E-state index in [1.165, 1.54) is 0 Å². The van der Waals surface area contributed by atoms with Gasteiger partial charge in [0.2, 0.25) is 5.91 Å². The minimum atomic E-state index is 0.0366. The lowest BCUT2D eigenvalue weighted by Gasteiger charge is -2.14. The van der Waals surface area contributed by atoms with Crippen LogP contribution in [-0.4, -0.2) is 28.5 Å². The van der Waals surface area contributed by atoms with E-state index < -0.39 is 0 Å². The van der Waals surface area contributed by atoms with Crippen molar-refractivity contribution in [2.75, 3.05) is 6.54 Å². The van der Waals surface area contributed by atoms with E-state index in [0.29, 0.717) is 13.1 Å². The molecule has 1 aromatic rings. The molecule has 100 valence electrons. The second kappa shape index (κ2) is 7.76. The lowest BCUT2D eigenvalue weighted by Crippen LogP contribution is -2.39. The van der Waals surface area contributed by atoms with Crippen molar-refractivity contribution in [1.29, 1.82) is 0 Å². The summed E-state index contributed by atoms with van der Waals surface area (Å²) >= 11 is 0. The smallest absolute Gasteiger partial charge is 0.234 e. The molecular weight excluding hydrogens is 228 g/mol. The number of aryl methyl sites for hydroxylation is 1. The summed E-state index contributed by atoms with van der Waals surface area (Å²) in [6.07, 6.45) is 3.66. The van der Waals surface area contributed by atoms with Crippen LogP contribution >= 0.6 is 0 Å². The van der Waals surface area contributed by atoms with Crippen LogP contribution < -0.4 is 10.6 Å². The van der Waals surface area contributed by atoms with Gasteiger partial charge in [-0.05, 0) is 25.8 Å². The zero-order valence-corrected chi connectivity index (χ0v) is 11.4. The quantitative estimate of drug-likeness (QED) is 0.762. The zero-order valence-electron chi connectivity index (χ0n) is 11.4. The van der Waals surface area contributed by atoms with Crippen molar-refractivity contribution < 1.29 is 4.79 Å². The fourth-order valence-corrected chi connectivity index (χ4v) is 1.68. The Hall–Kier alpha value is -1.49. The van der Waals surface area contributed by atoms with Crippen molar-refractivity contribution in [3.05, 3.63) is 23.8 Å². The molecule has 1 aromatic heterocycles. The lowest BCUT2D eigenvalue weighted by atomic mass is 10.2. The first-order chi connectivity index (χ1) is 8.65. The standard InChI is InChI=1S/C13H22N4O/c1-4-11(5-2)17-13(18)9-14-8-12-6-7-15-10(3)16-12/h6-7,11,14H,4-5,8-9H2,1-3H3,(H,17,18). The number of aromatic nitrogens is 2. The lowest BCUT2D eigenvalue weighted by molar-refractivity contribution is -0.121. The van der Waals surface area contributed by atoms with Gasteiger partial charge in [0, 0.05) is 18.8 Å². The van der Waals surface area contributed by atoms with Gasteiger partial charge < -0.3 is 10.6 Å². The van der Waals surface area contributed by atoms with E-state index in [1.54, 1.807) is 6.20 Å². The third kappa shape index (κ3) is 5.23. The van der Waals surface area contributed by atoms with Gasteiger partial charge in [-0.1, -0.05) is 13.8 Å². The highest BCUT2D eigenvalue weighted by molar-refractivity contribution is 5.78. The molecule has 0 aliphatic rings. The maximum Gasteiger partial charge on any atom is 0.234 e. The molecular formula is C13H22N4O. The molecule has 0 bridgehead atoms. The molecule has 0 saturated carbocycles. The molecule has 1 amide bonds. The zero-order chi connectivity index (χ0) is 13.4. The van der Waals surface area contributed by atoms with Gasteiger partial charge in [-0.25, -0.2) is 9.97 Å². The summed E-state index contributed by atoms with van der Waals surface area (Å²) in [5.41, 5.74) is 0.901. The molecule has 0 saturated heterocycles. The van der Waals surface area contributed by atoms with E-state index in [2.05, 4.69) is 34.4 Å². The molecule has 1 heterocycles. The van der Waals surface area contributed by atoms with Gasteiger partial charge in [0.15, 0.2) is 0 Å². The summed E-state index contributed by atoms with van der Waals surface area (Å²) in [6, 6.07) is 2.12. The first-order valence-corrected chi connectivity index (χ1v) is 6.44. The first kappa shape index (κ1) is 14.6. The Bertz CT molecular complexity index is 377. The van der Waals surface area contributed by atoms with Crippen LogP contribution in [-0.2, 0) is 11.3 Å². The molecule has 5 heteroatoms. The third-order valence-electron chi connectivity index (χ3n) is 2.78. The topological polar surface area (TPSA) is 66.9 Å². The van der Waals surface area contributed by atoms with Crippen molar-refractivity contribution in [2.45, 2.75) is 46.2 Å². The average molecular weight is 250 g/mol. The van der Waals surface area contributed by atoms with E-state index in [9.17, 15) is 4.79 Å². The van der Waals surface area contributed by atoms with E-state index in [0.717, 1.165) is 24.4 Å². The fourth-order valence-electron chi connectivity index (χ4n) is 1.68. The minimum Gasteiger partial charge on any atom is -0.352 e. The van der Waals surface area contributed by atoms with Crippen LogP contribution in [0.1, 0.15) is 38.2 Å². The maximum absolute atomic E-state index is 11.6. The summed E-state index contributed by atoms with van der Waals surface area (Å²) in [7, 11) is 0. The molecule has 0 radical (unpaired) electrons. The number of carbonyl (C=O) groups is 1. The molecule has 0 aromatic carbocycles. The van der Waals surface area contributed by atoms with Crippen molar-refractivity contribution in [1.82, 2.24) is 20.6 Å². The molecule has 5 nitrogen and oxygen atoms in total. The van der Waals surface area contributed by atoms with Crippen LogP contribution in [0.15, 0.2) is 12.3 Å². The Morgan fingerprint density at radius 2 is 2.11 bits per heavy atom. The van der Waals surface area contributed by atoms with Crippen molar-refractivity contribution in [3.63, 3.8) is 0 Å². The Labute approximate surface area is 108 Å². The number of rotatable bonds is 7. The Morgan fingerprint density at radius 1 is 1.39 bits per heavy atom. The number of hydrogen-bond acceptors (Lipinski definition) is 4. The van der Waals surface area contributed by atoms with Crippen LogP contribution in [0.5, 0.6) is 0 Å². The van der Waals surface area contributed by atoms with E-state index >= 15 is 0 Å². The molecule has 2 N–H and O–H groups in total. The molecule has 1 rings (SSSR count). The van der Waals surface area contributed by atoms with Gasteiger partial charge in [-0.3, -0.25) is 4.79 Å². The van der Waals surface area contributed by atoms with Crippen LogP contribution in [0.3, 0.4) is 0 Å². The van der Waals surface area contributed by atoms with Crippen LogP contribution in [0, 0.1) is 6.92 Å². The summed E-state index contributed by atoms with van der Waals surface area (Å²) in [5, 5.41) is 6.06. The highest BCUT2D eigenvalue weighted by Gasteiger charge is 2.07.